The molecule has 0 aliphatic heterocycles. The lowest BCUT2D eigenvalue weighted by Gasteiger charge is -2.36. The third-order valence-corrected chi connectivity index (χ3v) is 6.55. The Balaban J connectivity index is 0.000000301. The minimum absolute atomic E-state index is 0.284. The fourth-order valence-corrected chi connectivity index (χ4v) is 5.13. The molecule has 5 aromatic carbocycles. The van der Waals surface area contributed by atoms with Gasteiger partial charge in [0.25, 0.3) is 0 Å². The summed E-state index contributed by atoms with van der Waals surface area (Å²) >= 11 is 0. The van der Waals surface area contributed by atoms with Crippen LogP contribution in [0.4, 0.5) is 0 Å². The molecular formula is C35H32O2. The summed E-state index contributed by atoms with van der Waals surface area (Å²) in [6.07, 6.45) is 0. The molecule has 0 saturated carbocycles. The van der Waals surface area contributed by atoms with Crippen LogP contribution in [-0.2, 0) is 5.41 Å². The molecule has 0 spiro atoms. The van der Waals surface area contributed by atoms with Gasteiger partial charge in [-0.2, -0.15) is 0 Å². The zero-order valence-electron chi connectivity index (χ0n) is 21.6. The fraction of sp³-hybridized carbons (Fsp3) is 0.114. The standard InChI is InChI=1S/C26H20O2.C9H12/c27-25(28)20-16-18-24(19-17-20)26(21-10-4-1-5-11-21,22-12-6-2-7-13-22)23-14-8-3-9-15-23;1-7-4-8(2)6-9(3)5-7/h1-19H,(H,27,28);4-6H,1-3H3. The number of benzene rings is 5. The van der Waals surface area contributed by atoms with E-state index < -0.39 is 11.4 Å². The summed E-state index contributed by atoms with van der Waals surface area (Å²) in [6.45, 7) is 6.38. The molecule has 5 rings (SSSR count). The highest BCUT2D eigenvalue weighted by atomic mass is 16.4. The number of carbonyl (C=O) groups is 1. The van der Waals surface area contributed by atoms with Crippen molar-refractivity contribution >= 4 is 5.97 Å². The lowest BCUT2D eigenvalue weighted by molar-refractivity contribution is 0.0697. The van der Waals surface area contributed by atoms with Crippen molar-refractivity contribution in [1.82, 2.24) is 0 Å². The molecule has 0 amide bonds. The maximum atomic E-state index is 11.4. The number of hydrogen-bond acceptors (Lipinski definition) is 1. The maximum absolute atomic E-state index is 11.4. The molecule has 0 atom stereocenters. The number of aromatic carboxylic acids is 1. The van der Waals surface area contributed by atoms with E-state index in [9.17, 15) is 9.90 Å². The summed E-state index contributed by atoms with van der Waals surface area (Å²) in [5, 5.41) is 9.33. The average Bonchev–Trinajstić information content (AvgIpc) is 2.91. The van der Waals surface area contributed by atoms with Crippen molar-refractivity contribution in [2.24, 2.45) is 0 Å². The summed E-state index contributed by atoms with van der Waals surface area (Å²) < 4.78 is 0. The lowest BCUT2D eigenvalue weighted by atomic mass is 9.65. The number of rotatable bonds is 5. The molecule has 5 aromatic rings. The van der Waals surface area contributed by atoms with Gasteiger partial charge in [0.15, 0.2) is 0 Å². The van der Waals surface area contributed by atoms with Gasteiger partial charge in [0.1, 0.15) is 0 Å². The van der Waals surface area contributed by atoms with Gasteiger partial charge in [-0.25, -0.2) is 4.79 Å². The zero-order valence-corrected chi connectivity index (χ0v) is 21.6. The van der Waals surface area contributed by atoms with Crippen LogP contribution in [0.1, 0.15) is 49.3 Å². The first kappa shape index (κ1) is 25.7. The third kappa shape index (κ3) is 5.70. The monoisotopic (exact) mass is 484 g/mol. The van der Waals surface area contributed by atoms with E-state index in [-0.39, 0.29) is 5.56 Å². The number of carboxylic acid groups (broad SMARTS) is 1. The molecule has 0 unspecified atom stereocenters. The van der Waals surface area contributed by atoms with Crippen LogP contribution < -0.4 is 0 Å². The van der Waals surface area contributed by atoms with E-state index in [0.29, 0.717) is 0 Å². The van der Waals surface area contributed by atoms with Gasteiger partial charge in [-0.1, -0.05) is 138 Å². The first-order chi connectivity index (χ1) is 17.9. The smallest absolute Gasteiger partial charge is 0.335 e. The van der Waals surface area contributed by atoms with Gasteiger partial charge < -0.3 is 5.11 Å². The maximum Gasteiger partial charge on any atom is 0.335 e. The van der Waals surface area contributed by atoms with Gasteiger partial charge in [-0.3, -0.25) is 0 Å². The quantitative estimate of drug-likeness (QED) is 0.254. The van der Waals surface area contributed by atoms with Crippen molar-refractivity contribution in [3.63, 3.8) is 0 Å². The van der Waals surface area contributed by atoms with Crippen LogP contribution in [-0.4, -0.2) is 11.1 Å². The summed E-state index contributed by atoms with van der Waals surface area (Å²) in [7, 11) is 0. The molecule has 0 fully saturated rings. The van der Waals surface area contributed by atoms with E-state index in [4.69, 9.17) is 0 Å². The van der Waals surface area contributed by atoms with Crippen LogP contribution in [0.25, 0.3) is 0 Å². The average molecular weight is 485 g/mol. The minimum Gasteiger partial charge on any atom is -0.478 e. The van der Waals surface area contributed by atoms with Crippen molar-refractivity contribution in [3.05, 3.63) is 178 Å². The van der Waals surface area contributed by atoms with E-state index in [1.54, 1.807) is 12.1 Å². The summed E-state index contributed by atoms with van der Waals surface area (Å²) in [4.78, 5) is 11.4. The van der Waals surface area contributed by atoms with Gasteiger partial charge in [0.05, 0.1) is 11.0 Å². The molecule has 2 nitrogen and oxygen atoms in total. The Morgan fingerprint density at radius 1 is 0.486 bits per heavy atom. The second-order valence-corrected chi connectivity index (χ2v) is 9.40. The van der Waals surface area contributed by atoms with E-state index >= 15 is 0 Å². The third-order valence-electron chi connectivity index (χ3n) is 6.55. The Morgan fingerprint density at radius 2 is 0.784 bits per heavy atom. The summed E-state index contributed by atoms with van der Waals surface area (Å²) in [5.41, 5.74) is 8.24. The molecule has 0 aromatic heterocycles. The van der Waals surface area contributed by atoms with Crippen molar-refractivity contribution in [2.75, 3.05) is 0 Å². The van der Waals surface area contributed by atoms with Crippen LogP contribution in [0.2, 0.25) is 0 Å². The molecular weight excluding hydrogens is 452 g/mol. The van der Waals surface area contributed by atoms with E-state index in [1.165, 1.54) is 16.7 Å². The lowest BCUT2D eigenvalue weighted by Crippen LogP contribution is -2.31. The van der Waals surface area contributed by atoms with E-state index in [1.807, 2.05) is 66.7 Å². The summed E-state index contributed by atoms with van der Waals surface area (Å²) in [6, 6.07) is 44.9. The Morgan fingerprint density at radius 3 is 1.08 bits per heavy atom. The normalized spacial score (nSPS) is 10.8. The molecule has 0 aliphatic rings. The number of hydrogen-bond donors (Lipinski definition) is 1. The van der Waals surface area contributed by atoms with Crippen LogP contribution in [0.5, 0.6) is 0 Å². The Kier molecular flexibility index (Phi) is 8.00. The van der Waals surface area contributed by atoms with Gasteiger partial charge in [-0.15, -0.1) is 0 Å². The molecule has 0 heterocycles. The molecule has 0 aliphatic carbocycles. The predicted molar refractivity (Wildman–Crippen MR) is 152 cm³/mol. The Labute approximate surface area is 219 Å². The summed E-state index contributed by atoms with van der Waals surface area (Å²) in [5.74, 6) is -0.920. The fourth-order valence-electron chi connectivity index (χ4n) is 5.13. The zero-order chi connectivity index (χ0) is 26.3. The van der Waals surface area contributed by atoms with Crippen molar-refractivity contribution in [3.8, 4) is 0 Å². The number of carboxylic acids is 1. The molecule has 184 valence electrons. The van der Waals surface area contributed by atoms with Crippen LogP contribution in [0, 0.1) is 20.8 Å². The van der Waals surface area contributed by atoms with Gasteiger partial charge >= 0.3 is 5.97 Å². The highest BCUT2D eigenvalue weighted by Gasteiger charge is 2.38. The first-order valence-electron chi connectivity index (χ1n) is 12.5. The molecule has 0 radical (unpaired) electrons. The minimum atomic E-state index is -0.920. The van der Waals surface area contributed by atoms with Gasteiger partial charge in [-0.05, 0) is 55.2 Å². The van der Waals surface area contributed by atoms with E-state index in [2.05, 4.69) is 75.4 Å². The Bertz CT molecular complexity index is 1290. The second-order valence-electron chi connectivity index (χ2n) is 9.40. The molecule has 1 N–H and O–H groups in total. The molecule has 2 heteroatoms. The Hall–Kier alpha value is -4.43. The van der Waals surface area contributed by atoms with Gasteiger partial charge in [0, 0.05) is 0 Å². The molecule has 37 heavy (non-hydrogen) atoms. The topological polar surface area (TPSA) is 37.3 Å². The van der Waals surface area contributed by atoms with E-state index in [0.717, 1.165) is 22.3 Å². The van der Waals surface area contributed by atoms with Crippen LogP contribution in [0.15, 0.2) is 133 Å². The highest BCUT2D eigenvalue weighted by molar-refractivity contribution is 5.87. The van der Waals surface area contributed by atoms with Crippen molar-refractivity contribution in [1.29, 1.82) is 0 Å². The van der Waals surface area contributed by atoms with Crippen LogP contribution >= 0.6 is 0 Å². The highest BCUT2D eigenvalue weighted by Crippen LogP contribution is 2.44. The second kappa shape index (κ2) is 11.5. The SMILES string of the molecule is Cc1cc(C)cc(C)c1.O=C(O)c1ccc(C(c2ccccc2)(c2ccccc2)c2ccccc2)cc1. The predicted octanol–water partition coefficient (Wildman–Crippen LogP) is 8.38. The number of aryl methyl sites for hydroxylation is 3. The van der Waals surface area contributed by atoms with Gasteiger partial charge in [0.2, 0.25) is 0 Å². The van der Waals surface area contributed by atoms with Crippen molar-refractivity contribution in [2.45, 2.75) is 26.2 Å². The largest absolute Gasteiger partial charge is 0.478 e. The first-order valence-corrected chi connectivity index (χ1v) is 12.5. The van der Waals surface area contributed by atoms with Crippen LogP contribution in [0.3, 0.4) is 0 Å². The van der Waals surface area contributed by atoms with Crippen molar-refractivity contribution < 1.29 is 9.90 Å². The molecule has 0 saturated heterocycles. The molecule has 0 bridgehead atoms.